The van der Waals surface area contributed by atoms with E-state index in [2.05, 4.69) is 10.6 Å². The predicted octanol–water partition coefficient (Wildman–Crippen LogP) is 3.31. The zero-order chi connectivity index (χ0) is 21.7. The van der Waals surface area contributed by atoms with Crippen LogP contribution < -0.4 is 20.1 Å². The van der Waals surface area contributed by atoms with Crippen molar-refractivity contribution in [1.82, 2.24) is 10.6 Å². The Hall–Kier alpha value is -3.00. The van der Waals surface area contributed by atoms with Gasteiger partial charge < -0.3 is 14.8 Å². The number of nitrogens with one attached hydrogen (secondary N) is 2. The minimum atomic E-state index is -0.445. The maximum Gasteiger partial charge on any atom is 0.286 e. The Labute approximate surface area is 179 Å². The lowest BCUT2D eigenvalue weighted by molar-refractivity contribution is -0.118. The third kappa shape index (κ3) is 5.54. The van der Waals surface area contributed by atoms with Gasteiger partial charge in [0, 0.05) is 17.7 Å². The number of methoxy groups -OCH3 is 1. The predicted molar refractivity (Wildman–Crippen MR) is 115 cm³/mol. The first-order chi connectivity index (χ1) is 14.4. The number of imide groups is 1. The zero-order valence-electron chi connectivity index (χ0n) is 17.1. The van der Waals surface area contributed by atoms with Gasteiger partial charge in [-0.15, -0.1) is 0 Å². The highest BCUT2D eigenvalue weighted by Crippen LogP contribution is 2.26. The fraction of sp³-hybridized carbons (Fsp3) is 0.318. The number of ether oxygens (including phenoxy) is 2. The van der Waals surface area contributed by atoms with E-state index in [1.165, 1.54) is 0 Å². The van der Waals surface area contributed by atoms with Crippen LogP contribution in [0, 0.1) is 0 Å². The summed E-state index contributed by atoms with van der Waals surface area (Å²) in [4.78, 5) is 35.7. The third-order valence-electron chi connectivity index (χ3n) is 4.46. The van der Waals surface area contributed by atoms with Crippen molar-refractivity contribution in [2.75, 3.05) is 7.11 Å². The van der Waals surface area contributed by atoms with Crippen LogP contribution in [0.25, 0.3) is 0 Å². The Morgan fingerprint density at radius 3 is 2.50 bits per heavy atom. The van der Waals surface area contributed by atoms with E-state index in [1.807, 2.05) is 26.0 Å². The fourth-order valence-electron chi connectivity index (χ4n) is 3.07. The van der Waals surface area contributed by atoms with Gasteiger partial charge in [-0.25, -0.2) is 0 Å². The number of amides is 3. The molecule has 3 amide bonds. The van der Waals surface area contributed by atoms with E-state index >= 15 is 0 Å². The first kappa shape index (κ1) is 21.7. The largest absolute Gasteiger partial charge is 0.496 e. The Bertz CT molecular complexity index is 943. The molecule has 2 N–H and O–H groups in total. The average molecular weight is 429 g/mol. The second-order valence-electron chi connectivity index (χ2n) is 7.11. The molecule has 1 heterocycles. The van der Waals surface area contributed by atoms with Crippen LogP contribution in [0.2, 0.25) is 0 Å². The topological polar surface area (TPSA) is 93.7 Å². The summed E-state index contributed by atoms with van der Waals surface area (Å²) in [7, 11) is 1.56. The summed E-state index contributed by atoms with van der Waals surface area (Å²) in [5.41, 5.74) is 2.20. The Balaban J connectivity index is 1.65. The van der Waals surface area contributed by atoms with E-state index < -0.39 is 5.25 Å². The summed E-state index contributed by atoms with van der Waals surface area (Å²) >= 11 is 0.994. The van der Waals surface area contributed by atoms with E-state index in [-0.39, 0.29) is 29.7 Å². The van der Waals surface area contributed by atoms with Gasteiger partial charge in [0.05, 0.1) is 18.5 Å². The molecule has 1 atom stereocenters. The molecule has 0 spiro atoms. The molecule has 2 aromatic carbocycles. The molecular formula is C22H24N2O5S. The van der Waals surface area contributed by atoms with Crippen molar-refractivity contribution >= 4 is 28.8 Å². The second kappa shape index (κ2) is 9.67. The van der Waals surface area contributed by atoms with Crippen LogP contribution in [-0.4, -0.2) is 35.5 Å². The molecule has 8 heteroatoms. The van der Waals surface area contributed by atoms with Gasteiger partial charge in [0.15, 0.2) is 0 Å². The number of hydrogen-bond acceptors (Lipinski definition) is 6. The normalized spacial score (nSPS) is 15.8. The summed E-state index contributed by atoms with van der Waals surface area (Å²) in [6.45, 7) is 4.15. The van der Waals surface area contributed by atoms with Gasteiger partial charge in [-0.1, -0.05) is 23.9 Å². The van der Waals surface area contributed by atoms with Crippen LogP contribution >= 0.6 is 11.8 Å². The Kier molecular flexibility index (Phi) is 6.99. The summed E-state index contributed by atoms with van der Waals surface area (Å²) in [6, 6.07) is 12.5. The number of carbonyl (C=O) groups excluding carboxylic acids is 3. The molecule has 1 fully saturated rings. The van der Waals surface area contributed by atoms with Crippen LogP contribution in [-0.2, 0) is 17.8 Å². The van der Waals surface area contributed by atoms with Gasteiger partial charge >= 0.3 is 0 Å². The van der Waals surface area contributed by atoms with Crippen molar-refractivity contribution in [2.24, 2.45) is 0 Å². The standard InChI is InChI=1S/C22H24N2O5S/c1-13(2)29-17-7-5-15(6-8-17)20(25)23-12-16-10-14(4-9-18(16)28-3)11-19-21(26)24-22(27)30-19/h4-10,13,19H,11-12H2,1-3H3,(H,23,25)(H,24,26,27). The van der Waals surface area contributed by atoms with Crippen LogP contribution in [0.1, 0.15) is 35.3 Å². The Morgan fingerprint density at radius 2 is 1.90 bits per heavy atom. The monoisotopic (exact) mass is 428 g/mol. The highest BCUT2D eigenvalue weighted by atomic mass is 32.2. The molecule has 1 aliphatic heterocycles. The van der Waals surface area contributed by atoms with Crippen molar-refractivity contribution < 1.29 is 23.9 Å². The summed E-state index contributed by atoms with van der Waals surface area (Å²) in [5.74, 6) is 0.859. The lowest BCUT2D eigenvalue weighted by Crippen LogP contribution is -2.25. The average Bonchev–Trinajstić information content (AvgIpc) is 3.03. The molecular weight excluding hydrogens is 404 g/mol. The molecule has 30 heavy (non-hydrogen) atoms. The molecule has 7 nitrogen and oxygen atoms in total. The van der Waals surface area contributed by atoms with Crippen LogP contribution in [0.5, 0.6) is 11.5 Å². The number of rotatable bonds is 8. The summed E-state index contributed by atoms with van der Waals surface area (Å²) < 4.78 is 11.0. The fourth-order valence-corrected chi connectivity index (χ4v) is 3.93. The van der Waals surface area contributed by atoms with Gasteiger partial charge in [0.2, 0.25) is 5.91 Å². The number of benzene rings is 2. The molecule has 3 rings (SSSR count). The zero-order valence-corrected chi connectivity index (χ0v) is 17.9. The minimum absolute atomic E-state index is 0.0660. The van der Waals surface area contributed by atoms with Crippen molar-refractivity contribution in [1.29, 1.82) is 0 Å². The first-order valence-corrected chi connectivity index (χ1v) is 10.5. The molecule has 0 radical (unpaired) electrons. The number of thioether (sulfide) groups is 1. The third-order valence-corrected chi connectivity index (χ3v) is 5.44. The SMILES string of the molecule is COc1ccc(CC2SC(=O)NC2=O)cc1CNC(=O)c1ccc(OC(C)C)cc1. The Morgan fingerprint density at radius 1 is 1.17 bits per heavy atom. The number of carbonyl (C=O) groups is 3. The van der Waals surface area contributed by atoms with E-state index in [0.717, 1.165) is 22.9 Å². The lowest BCUT2D eigenvalue weighted by Gasteiger charge is -2.13. The molecule has 158 valence electrons. The molecule has 1 aliphatic rings. The van der Waals surface area contributed by atoms with Gasteiger partial charge in [-0.05, 0) is 56.2 Å². The highest BCUT2D eigenvalue weighted by Gasteiger charge is 2.31. The van der Waals surface area contributed by atoms with Gasteiger partial charge in [-0.3, -0.25) is 19.7 Å². The van der Waals surface area contributed by atoms with E-state index in [1.54, 1.807) is 37.4 Å². The molecule has 1 unspecified atom stereocenters. The minimum Gasteiger partial charge on any atom is -0.496 e. The quantitative estimate of drug-likeness (QED) is 0.670. The molecule has 0 bridgehead atoms. The van der Waals surface area contributed by atoms with E-state index in [9.17, 15) is 14.4 Å². The summed E-state index contributed by atoms with van der Waals surface area (Å²) in [5, 5.41) is 4.41. The van der Waals surface area contributed by atoms with Crippen LogP contribution in [0.3, 0.4) is 0 Å². The second-order valence-corrected chi connectivity index (χ2v) is 8.28. The van der Waals surface area contributed by atoms with Crippen molar-refractivity contribution in [3.8, 4) is 11.5 Å². The molecule has 1 saturated heterocycles. The maximum atomic E-state index is 12.5. The molecule has 0 aromatic heterocycles. The molecule has 0 saturated carbocycles. The van der Waals surface area contributed by atoms with Gasteiger partial charge in [0.25, 0.3) is 11.1 Å². The highest BCUT2D eigenvalue weighted by molar-refractivity contribution is 8.15. The van der Waals surface area contributed by atoms with Gasteiger partial charge in [0.1, 0.15) is 11.5 Å². The van der Waals surface area contributed by atoms with Crippen molar-refractivity contribution in [3.63, 3.8) is 0 Å². The lowest BCUT2D eigenvalue weighted by atomic mass is 10.0. The molecule has 2 aromatic rings. The first-order valence-electron chi connectivity index (χ1n) is 9.58. The van der Waals surface area contributed by atoms with Crippen molar-refractivity contribution in [2.45, 2.75) is 38.2 Å². The van der Waals surface area contributed by atoms with Crippen LogP contribution in [0.4, 0.5) is 4.79 Å². The van der Waals surface area contributed by atoms with Crippen LogP contribution in [0.15, 0.2) is 42.5 Å². The van der Waals surface area contributed by atoms with Crippen molar-refractivity contribution in [3.05, 3.63) is 59.2 Å². The summed E-state index contributed by atoms with van der Waals surface area (Å²) in [6.07, 6.45) is 0.487. The van der Waals surface area contributed by atoms with E-state index in [4.69, 9.17) is 9.47 Å². The maximum absolute atomic E-state index is 12.5. The van der Waals surface area contributed by atoms with Gasteiger partial charge in [-0.2, -0.15) is 0 Å². The smallest absolute Gasteiger partial charge is 0.286 e. The molecule has 0 aliphatic carbocycles. The number of hydrogen-bond donors (Lipinski definition) is 2. The van der Waals surface area contributed by atoms with E-state index in [0.29, 0.717) is 23.5 Å².